The Morgan fingerprint density at radius 2 is 1.41 bits per heavy atom. The summed E-state index contributed by atoms with van der Waals surface area (Å²) >= 11 is 0. The van der Waals surface area contributed by atoms with Gasteiger partial charge in [-0.05, 0) is 67.6 Å². The third kappa shape index (κ3) is 6.50. The second kappa shape index (κ2) is 11.9. The summed E-state index contributed by atoms with van der Waals surface area (Å²) in [6, 6.07) is 15.6. The van der Waals surface area contributed by atoms with E-state index in [0.717, 1.165) is 13.1 Å². The summed E-state index contributed by atoms with van der Waals surface area (Å²) in [6.07, 6.45) is 4.92. The summed E-state index contributed by atoms with van der Waals surface area (Å²) in [4.78, 5) is 4.67. The number of hydrogen-bond donors (Lipinski definition) is 0. The van der Waals surface area contributed by atoms with Gasteiger partial charge in [-0.25, -0.2) is 0 Å². The van der Waals surface area contributed by atoms with Gasteiger partial charge in [0.05, 0.1) is 0 Å². The van der Waals surface area contributed by atoms with E-state index in [0.29, 0.717) is 6.61 Å². The maximum atomic E-state index is 6.20. The van der Waals surface area contributed by atoms with Gasteiger partial charge < -0.3 is 14.5 Å². The van der Waals surface area contributed by atoms with Gasteiger partial charge in [0.15, 0.2) is 0 Å². The lowest BCUT2D eigenvalue weighted by molar-refractivity contribution is 0.0909. The smallest absolute Gasteiger partial charge is 0.108 e. The SMILES string of the molecule is CCCCN(CCCC)c1ccc(C(OCC)c2ccc(N(C)C)cc2)c(C)c1. The van der Waals surface area contributed by atoms with Crippen molar-refractivity contribution in [1.29, 1.82) is 0 Å². The number of aryl methyl sites for hydroxylation is 1. The van der Waals surface area contributed by atoms with Crippen LogP contribution in [0.15, 0.2) is 42.5 Å². The number of hydrogen-bond acceptors (Lipinski definition) is 3. The van der Waals surface area contributed by atoms with Crippen molar-refractivity contribution < 1.29 is 4.74 Å². The Hall–Kier alpha value is -2.00. The monoisotopic (exact) mass is 396 g/mol. The van der Waals surface area contributed by atoms with Crippen LogP contribution in [0, 0.1) is 6.92 Å². The fourth-order valence-corrected chi connectivity index (χ4v) is 3.70. The van der Waals surface area contributed by atoms with E-state index in [9.17, 15) is 0 Å². The van der Waals surface area contributed by atoms with Gasteiger partial charge in [-0.2, -0.15) is 0 Å². The molecule has 29 heavy (non-hydrogen) atoms. The van der Waals surface area contributed by atoms with Crippen LogP contribution in [-0.2, 0) is 4.74 Å². The molecule has 1 atom stereocenters. The van der Waals surface area contributed by atoms with Crippen molar-refractivity contribution in [2.24, 2.45) is 0 Å². The lowest BCUT2D eigenvalue weighted by atomic mass is 9.96. The molecule has 0 heterocycles. The third-order valence-electron chi connectivity index (χ3n) is 5.51. The molecule has 0 radical (unpaired) electrons. The summed E-state index contributed by atoms with van der Waals surface area (Å²) in [5.41, 5.74) is 6.32. The van der Waals surface area contributed by atoms with Gasteiger partial charge in [0.2, 0.25) is 0 Å². The van der Waals surface area contributed by atoms with Crippen LogP contribution >= 0.6 is 0 Å². The van der Waals surface area contributed by atoms with Crippen LogP contribution in [0.25, 0.3) is 0 Å². The highest BCUT2D eigenvalue weighted by Crippen LogP contribution is 2.32. The largest absolute Gasteiger partial charge is 0.378 e. The zero-order chi connectivity index (χ0) is 21.2. The Morgan fingerprint density at radius 3 is 1.90 bits per heavy atom. The van der Waals surface area contributed by atoms with Crippen molar-refractivity contribution in [2.75, 3.05) is 43.6 Å². The van der Waals surface area contributed by atoms with Crippen LogP contribution in [0.5, 0.6) is 0 Å². The predicted molar refractivity (Wildman–Crippen MR) is 127 cm³/mol. The zero-order valence-corrected chi connectivity index (χ0v) is 19.4. The topological polar surface area (TPSA) is 15.7 Å². The van der Waals surface area contributed by atoms with E-state index in [1.807, 2.05) is 0 Å². The van der Waals surface area contributed by atoms with E-state index in [1.54, 1.807) is 0 Å². The van der Waals surface area contributed by atoms with Crippen molar-refractivity contribution in [3.05, 3.63) is 59.2 Å². The van der Waals surface area contributed by atoms with Crippen LogP contribution in [0.3, 0.4) is 0 Å². The molecule has 0 aliphatic carbocycles. The fraction of sp³-hybridized carbons (Fsp3) is 0.538. The minimum absolute atomic E-state index is 0.0232. The van der Waals surface area contributed by atoms with Gasteiger partial charge in [-0.1, -0.05) is 44.9 Å². The van der Waals surface area contributed by atoms with Gasteiger partial charge in [0.1, 0.15) is 6.10 Å². The molecule has 1 unspecified atom stereocenters. The van der Waals surface area contributed by atoms with Crippen molar-refractivity contribution in [2.45, 2.75) is 59.5 Å². The normalized spacial score (nSPS) is 12.1. The Bertz CT molecular complexity index is 716. The first kappa shape index (κ1) is 23.3. The molecule has 0 aromatic heterocycles. The molecule has 2 aromatic rings. The van der Waals surface area contributed by atoms with E-state index < -0.39 is 0 Å². The lowest BCUT2D eigenvalue weighted by Crippen LogP contribution is -2.25. The average Bonchev–Trinajstić information content (AvgIpc) is 2.72. The first-order valence-electron chi connectivity index (χ1n) is 11.3. The number of benzene rings is 2. The zero-order valence-electron chi connectivity index (χ0n) is 19.4. The van der Waals surface area contributed by atoms with Crippen molar-refractivity contribution in [1.82, 2.24) is 0 Å². The van der Waals surface area contributed by atoms with E-state index >= 15 is 0 Å². The molecule has 3 heteroatoms. The van der Waals surface area contributed by atoms with E-state index in [4.69, 9.17) is 4.74 Å². The molecule has 0 aliphatic rings. The number of unbranched alkanes of at least 4 members (excludes halogenated alkanes) is 2. The Balaban J connectivity index is 2.30. The summed E-state index contributed by atoms with van der Waals surface area (Å²) in [7, 11) is 4.14. The Labute approximate surface area is 178 Å². The summed E-state index contributed by atoms with van der Waals surface area (Å²) in [6.45, 7) is 11.8. The molecule has 0 N–H and O–H groups in total. The molecule has 2 rings (SSSR count). The highest BCUT2D eigenvalue weighted by molar-refractivity contribution is 5.53. The standard InChI is InChI=1S/C26H40N2O/c1-7-10-18-28(19-11-8-2)24-16-17-25(21(4)20-24)26(29-9-3)22-12-14-23(15-13-22)27(5)6/h12-17,20,26H,7-11,18-19H2,1-6H3. The van der Waals surface area contributed by atoms with Crippen LogP contribution in [0.4, 0.5) is 11.4 Å². The number of anilines is 2. The Morgan fingerprint density at radius 1 is 0.828 bits per heavy atom. The van der Waals surface area contributed by atoms with Crippen LogP contribution in [0.2, 0.25) is 0 Å². The molecule has 3 nitrogen and oxygen atoms in total. The first-order chi connectivity index (χ1) is 14.0. The van der Waals surface area contributed by atoms with Gasteiger partial charge in [-0.15, -0.1) is 0 Å². The quantitative estimate of drug-likeness (QED) is 0.402. The maximum absolute atomic E-state index is 6.20. The molecular formula is C26H40N2O. The van der Waals surface area contributed by atoms with Gasteiger partial charge in [0, 0.05) is 45.2 Å². The fourth-order valence-electron chi connectivity index (χ4n) is 3.70. The number of rotatable bonds is 12. The van der Waals surface area contributed by atoms with E-state index in [-0.39, 0.29) is 6.10 Å². The predicted octanol–water partition coefficient (Wildman–Crippen LogP) is 6.59. The third-order valence-corrected chi connectivity index (χ3v) is 5.51. The van der Waals surface area contributed by atoms with Crippen molar-refractivity contribution in [3.63, 3.8) is 0 Å². The maximum Gasteiger partial charge on any atom is 0.108 e. The average molecular weight is 397 g/mol. The number of nitrogens with zero attached hydrogens (tertiary/aromatic N) is 2. The van der Waals surface area contributed by atoms with E-state index in [1.165, 1.54) is 53.7 Å². The summed E-state index contributed by atoms with van der Waals surface area (Å²) < 4.78 is 6.20. The molecule has 0 bridgehead atoms. The first-order valence-corrected chi connectivity index (χ1v) is 11.3. The van der Waals surface area contributed by atoms with Crippen LogP contribution in [-0.4, -0.2) is 33.8 Å². The van der Waals surface area contributed by atoms with Crippen LogP contribution < -0.4 is 9.80 Å². The lowest BCUT2D eigenvalue weighted by Gasteiger charge is -2.27. The highest BCUT2D eigenvalue weighted by Gasteiger charge is 2.18. The molecule has 0 saturated carbocycles. The minimum atomic E-state index is -0.0232. The highest BCUT2D eigenvalue weighted by atomic mass is 16.5. The molecule has 2 aromatic carbocycles. The molecule has 0 aliphatic heterocycles. The molecule has 0 amide bonds. The number of ether oxygens (including phenoxy) is 1. The van der Waals surface area contributed by atoms with Gasteiger partial charge in [-0.3, -0.25) is 0 Å². The minimum Gasteiger partial charge on any atom is -0.378 e. The molecular weight excluding hydrogens is 356 g/mol. The van der Waals surface area contributed by atoms with Crippen molar-refractivity contribution >= 4 is 11.4 Å². The van der Waals surface area contributed by atoms with E-state index in [2.05, 4.69) is 94.1 Å². The molecule has 160 valence electrons. The second-order valence-corrected chi connectivity index (χ2v) is 8.06. The summed E-state index contributed by atoms with van der Waals surface area (Å²) in [5.74, 6) is 0. The van der Waals surface area contributed by atoms with Gasteiger partial charge in [0.25, 0.3) is 0 Å². The molecule has 0 spiro atoms. The van der Waals surface area contributed by atoms with Gasteiger partial charge >= 0.3 is 0 Å². The summed E-state index contributed by atoms with van der Waals surface area (Å²) in [5, 5.41) is 0. The Kier molecular flexibility index (Phi) is 9.53. The van der Waals surface area contributed by atoms with Crippen LogP contribution in [0.1, 0.15) is 69.2 Å². The molecule has 0 fully saturated rings. The van der Waals surface area contributed by atoms with Crippen molar-refractivity contribution in [3.8, 4) is 0 Å². The second-order valence-electron chi connectivity index (χ2n) is 8.06. The molecule has 0 saturated heterocycles.